The van der Waals surface area contributed by atoms with Gasteiger partial charge in [-0.15, -0.1) is 0 Å². The number of carbonyl (C=O) groups is 1. The number of aromatic amines is 1. The molecule has 3 aromatic rings. The molecule has 4 rings (SSSR count). The molecule has 1 aliphatic rings. The molecule has 152 valence electrons. The molecular weight excluding hydrogens is 368 g/mol. The molecule has 0 aliphatic carbocycles. The summed E-state index contributed by atoms with van der Waals surface area (Å²) in [5.74, 6) is 1.40. The van der Waals surface area contributed by atoms with Crippen LogP contribution in [0.5, 0.6) is 17.2 Å². The number of carbonyl (C=O) groups excluding carboxylic acids is 1. The molecule has 2 heterocycles. The number of methoxy groups -OCH3 is 3. The summed E-state index contributed by atoms with van der Waals surface area (Å²) < 4.78 is 16.3. The number of H-pyrrole nitrogens is 1. The van der Waals surface area contributed by atoms with Crippen LogP contribution in [0.25, 0.3) is 22.0 Å². The summed E-state index contributed by atoms with van der Waals surface area (Å²) in [6, 6.07) is 11.6. The topological polar surface area (TPSA) is 72.6 Å². The Morgan fingerprint density at radius 1 is 0.931 bits per heavy atom. The normalized spacial score (nSPS) is 13.1. The van der Waals surface area contributed by atoms with Gasteiger partial charge in [0.15, 0.2) is 11.5 Å². The van der Waals surface area contributed by atoms with Crippen molar-refractivity contribution in [3.05, 3.63) is 53.7 Å². The van der Waals surface area contributed by atoms with E-state index >= 15 is 0 Å². The van der Waals surface area contributed by atoms with Crippen molar-refractivity contribution in [2.75, 3.05) is 27.9 Å². The first-order chi connectivity index (χ1) is 14.2. The number of rotatable bonds is 5. The molecule has 0 unspecified atom stereocenters. The van der Waals surface area contributed by atoms with E-state index in [-0.39, 0.29) is 5.91 Å². The highest BCUT2D eigenvalue weighted by Gasteiger charge is 2.28. The molecule has 6 heteroatoms. The van der Waals surface area contributed by atoms with E-state index in [0.717, 1.165) is 27.6 Å². The van der Waals surface area contributed by atoms with Crippen LogP contribution in [0.3, 0.4) is 0 Å². The molecule has 29 heavy (non-hydrogen) atoms. The molecule has 6 nitrogen and oxygen atoms in total. The minimum absolute atomic E-state index is 0.121. The number of hydrogen-bond donors (Lipinski definition) is 2. The second-order valence-electron chi connectivity index (χ2n) is 6.20. The molecule has 1 amide bonds. The Kier molecular flexibility index (Phi) is 6.12. The first-order valence-corrected chi connectivity index (χ1v) is 9.56. The highest BCUT2D eigenvalue weighted by atomic mass is 16.5. The second kappa shape index (κ2) is 8.73. The second-order valence-corrected chi connectivity index (χ2v) is 6.20. The third-order valence-electron chi connectivity index (χ3n) is 4.82. The van der Waals surface area contributed by atoms with Gasteiger partial charge in [0.05, 0.1) is 26.9 Å². The first kappa shape index (κ1) is 20.3. The van der Waals surface area contributed by atoms with Crippen LogP contribution < -0.4 is 19.5 Å². The number of nitrogens with one attached hydrogen (secondary N) is 2. The summed E-state index contributed by atoms with van der Waals surface area (Å²) in [5, 5.41) is 4.01. The SMILES string of the molecule is CC.COc1cc(C2=C(c3c[nH]c4ccccc34)CNC2=O)cc(OC)c1OC. The van der Waals surface area contributed by atoms with Gasteiger partial charge in [-0.3, -0.25) is 4.79 Å². The van der Waals surface area contributed by atoms with Crippen LogP contribution in [0, 0.1) is 0 Å². The zero-order valence-corrected chi connectivity index (χ0v) is 17.4. The molecule has 0 fully saturated rings. The van der Waals surface area contributed by atoms with E-state index in [1.165, 1.54) is 0 Å². The largest absolute Gasteiger partial charge is 0.493 e. The maximum Gasteiger partial charge on any atom is 0.252 e. The van der Waals surface area contributed by atoms with Crippen LogP contribution in [0.4, 0.5) is 0 Å². The van der Waals surface area contributed by atoms with Crippen molar-refractivity contribution in [3.8, 4) is 17.2 Å². The smallest absolute Gasteiger partial charge is 0.252 e. The van der Waals surface area contributed by atoms with Crippen molar-refractivity contribution in [2.45, 2.75) is 13.8 Å². The number of benzene rings is 2. The van der Waals surface area contributed by atoms with Crippen molar-refractivity contribution in [1.29, 1.82) is 0 Å². The molecule has 0 bridgehead atoms. The first-order valence-electron chi connectivity index (χ1n) is 9.56. The van der Waals surface area contributed by atoms with Crippen LogP contribution in [-0.4, -0.2) is 38.8 Å². The number of hydrogen-bond acceptors (Lipinski definition) is 4. The molecule has 0 spiro atoms. The molecule has 0 saturated carbocycles. The third kappa shape index (κ3) is 3.53. The molecular formula is C23H26N2O4. The maximum absolute atomic E-state index is 12.7. The van der Waals surface area contributed by atoms with Crippen LogP contribution in [-0.2, 0) is 4.79 Å². The lowest BCUT2D eigenvalue weighted by Gasteiger charge is -2.14. The average Bonchev–Trinajstić information content (AvgIpc) is 3.37. The molecule has 2 aromatic carbocycles. The lowest BCUT2D eigenvalue weighted by Crippen LogP contribution is -2.17. The van der Waals surface area contributed by atoms with E-state index in [9.17, 15) is 4.79 Å². The van der Waals surface area contributed by atoms with Crippen molar-refractivity contribution < 1.29 is 19.0 Å². The van der Waals surface area contributed by atoms with Crippen LogP contribution in [0.15, 0.2) is 42.6 Å². The van der Waals surface area contributed by atoms with Crippen LogP contribution in [0.2, 0.25) is 0 Å². The van der Waals surface area contributed by atoms with Crippen LogP contribution >= 0.6 is 0 Å². The van der Waals surface area contributed by atoms with Gasteiger partial charge in [0.1, 0.15) is 0 Å². The van der Waals surface area contributed by atoms with E-state index in [2.05, 4.69) is 10.3 Å². The molecule has 2 N–H and O–H groups in total. The van der Waals surface area contributed by atoms with E-state index in [4.69, 9.17) is 14.2 Å². The Labute approximate surface area is 170 Å². The Hall–Kier alpha value is -3.41. The minimum atomic E-state index is -0.121. The van der Waals surface area contributed by atoms with E-state index < -0.39 is 0 Å². The predicted octanol–water partition coefficient (Wildman–Crippen LogP) is 4.26. The van der Waals surface area contributed by atoms with Gasteiger partial charge in [0.2, 0.25) is 5.75 Å². The fourth-order valence-corrected chi connectivity index (χ4v) is 3.56. The Morgan fingerprint density at radius 2 is 1.59 bits per heavy atom. The van der Waals surface area contributed by atoms with Crippen LogP contribution in [0.1, 0.15) is 25.0 Å². The summed E-state index contributed by atoms with van der Waals surface area (Å²) >= 11 is 0. The number of amides is 1. The number of ether oxygens (including phenoxy) is 3. The summed E-state index contributed by atoms with van der Waals surface area (Å²) in [4.78, 5) is 16.0. The molecule has 1 aliphatic heterocycles. The lowest BCUT2D eigenvalue weighted by atomic mass is 9.96. The monoisotopic (exact) mass is 394 g/mol. The Bertz CT molecular complexity index is 1040. The van der Waals surface area contributed by atoms with Crippen molar-refractivity contribution in [1.82, 2.24) is 10.3 Å². The number of para-hydroxylation sites is 1. The van der Waals surface area contributed by atoms with Gasteiger partial charge in [0.25, 0.3) is 5.91 Å². The van der Waals surface area contributed by atoms with E-state index in [0.29, 0.717) is 29.4 Å². The summed E-state index contributed by atoms with van der Waals surface area (Å²) in [6.45, 7) is 4.46. The minimum Gasteiger partial charge on any atom is -0.493 e. The molecule has 0 saturated heterocycles. The summed E-state index contributed by atoms with van der Waals surface area (Å²) in [7, 11) is 4.68. The third-order valence-corrected chi connectivity index (χ3v) is 4.82. The van der Waals surface area contributed by atoms with E-state index in [1.807, 2.05) is 44.3 Å². The standard InChI is InChI=1S/C21H20N2O4.C2H6/c1-25-17-8-12(9-18(26-2)20(17)27-3)19-15(11-23-21(19)24)14-10-22-16-7-5-4-6-13(14)16;1-2/h4-10,22H,11H2,1-3H3,(H,23,24);1-2H3. The Balaban J connectivity index is 0.00000117. The fourth-order valence-electron chi connectivity index (χ4n) is 3.56. The quantitative estimate of drug-likeness (QED) is 0.678. The maximum atomic E-state index is 12.7. The lowest BCUT2D eigenvalue weighted by molar-refractivity contribution is -0.114. The number of aromatic nitrogens is 1. The van der Waals surface area contributed by atoms with Gasteiger partial charge in [-0.2, -0.15) is 0 Å². The molecule has 0 radical (unpaired) electrons. The van der Waals surface area contributed by atoms with Gasteiger partial charge in [0, 0.05) is 29.2 Å². The fraction of sp³-hybridized carbons (Fsp3) is 0.261. The van der Waals surface area contributed by atoms with Crippen molar-refractivity contribution in [3.63, 3.8) is 0 Å². The molecule has 1 aromatic heterocycles. The summed E-state index contributed by atoms with van der Waals surface area (Å²) in [6.07, 6.45) is 1.94. The van der Waals surface area contributed by atoms with Gasteiger partial charge < -0.3 is 24.5 Å². The summed E-state index contributed by atoms with van der Waals surface area (Å²) in [5.41, 5.74) is 4.31. The van der Waals surface area contributed by atoms with Gasteiger partial charge in [-0.1, -0.05) is 32.0 Å². The number of fused-ring (bicyclic) bond motifs is 1. The Morgan fingerprint density at radius 3 is 2.21 bits per heavy atom. The van der Waals surface area contributed by atoms with Gasteiger partial charge >= 0.3 is 0 Å². The van der Waals surface area contributed by atoms with Gasteiger partial charge in [-0.05, 0) is 29.3 Å². The zero-order chi connectivity index (χ0) is 21.0. The highest BCUT2D eigenvalue weighted by Crippen LogP contribution is 2.42. The zero-order valence-electron chi connectivity index (χ0n) is 17.4. The molecule has 0 atom stereocenters. The van der Waals surface area contributed by atoms with Gasteiger partial charge in [-0.25, -0.2) is 0 Å². The highest BCUT2D eigenvalue weighted by molar-refractivity contribution is 6.31. The van der Waals surface area contributed by atoms with Crippen molar-refractivity contribution in [2.24, 2.45) is 0 Å². The predicted molar refractivity (Wildman–Crippen MR) is 116 cm³/mol. The van der Waals surface area contributed by atoms with E-state index in [1.54, 1.807) is 33.5 Å². The average molecular weight is 394 g/mol. The van der Waals surface area contributed by atoms with Crippen molar-refractivity contribution >= 4 is 28.0 Å².